The molecule has 88 valence electrons. The molecule has 2 nitrogen and oxygen atoms in total. The van der Waals surface area contributed by atoms with Crippen LogP contribution in [-0.2, 0) is 0 Å². The summed E-state index contributed by atoms with van der Waals surface area (Å²) in [5.74, 6) is -0.135. The van der Waals surface area contributed by atoms with E-state index in [9.17, 15) is 9.59 Å². The smallest absolute Gasteiger partial charge is 0.205 e. The van der Waals surface area contributed by atoms with E-state index in [0.29, 0.717) is 20.9 Å². The Bertz CT molecular complexity index is 607. The summed E-state index contributed by atoms with van der Waals surface area (Å²) in [6.45, 7) is 7.33. The Morgan fingerprint density at radius 1 is 0.833 bits per heavy atom. The molecule has 4 heteroatoms. The van der Waals surface area contributed by atoms with Gasteiger partial charge >= 0.3 is 0 Å². The third-order valence-corrected chi connectivity index (χ3v) is 5.07. The topological polar surface area (TPSA) is 34.1 Å². The number of carbonyl (C=O) groups is 2. The second-order valence-electron chi connectivity index (χ2n) is 3.85. The van der Waals surface area contributed by atoms with Gasteiger partial charge in [0.2, 0.25) is 11.6 Å². The van der Waals surface area contributed by atoms with Crippen molar-refractivity contribution < 1.29 is 9.59 Å². The van der Waals surface area contributed by atoms with Gasteiger partial charge in [0, 0.05) is 20.9 Å². The molecule has 0 radical (unpaired) electrons. The zero-order chi connectivity index (χ0) is 12.9. The lowest BCUT2D eigenvalue weighted by atomic mass is 9.95. The first-order valence-corrected chi connectivity index (χ1v) is 6.91. The van der Waals surface area contributed by atoms with Crippen LogP contribution in [-0.4, -0.2) is 11.6 Å². The predicted molar refractivity (Wildman–Crippen MR) is 75.7 cm³/mol. The van der Waals surface area contributed by atoms with E-state index in [4.69, 9.17) is 0 Å². The molecule has 2 heterocycles. The Morgan fingerprint density at radius 3 is 1.56 bits per heavy atom. The van der Waals surface area contributed by atoms with Crippen molar-refractivity contribution in [3.05, 3.63) is 55.9 Å². The standard InChI is InChI=1S/C14H8O2S2/c1-3-7-5-9-11(15)14-10(6-8(4-2)18-14)12(16)13(9)17-7/h3-6H,1-2H2. The highest BCUT2D eigenvalue weighted by molar-refractivity contribution is 7.18. The van der Waals surface area contributed by atoms with Gasteiger partial charge in [-0.05, 0) is 12.1 Å². The molecule has 18 heavy (non-hydrogen) atoms. The van der Waals surface area contributed by atoms with Crippen LogP contribution in [0.1, 0.15) is 40.2 Å². The summed E-state index contributed by atoms with van der Waals surface area (Å²) in [6, 6.07) is 3.48. The second-order valence-corrected chi connectivity index (χ2v) is 6.02. The van der Waals surface area contributed by atoms with Gasteiger partial charge in [-0.1, -0.05) is 25.3 Å². The van der Waals surface area contributed by atoms with E-state index in [0.717, 1.165) is 9.75 Å². The van der Waals surface area contributed by atoms with Crippen molar-refractivity contribution in [3.8, 4) is 0 Å². The molecule has 3 rings (SSSR count). The van der Waals surface area contributed by atoms with Crippen LogP contribution in [0.15, 0.2) is 25.3 Å². The van der Waals surface area contributed by atoms with Crippen LogP contribution in [0.2, 0.25) is 0 Å². The van der Waals surface area contributed by atoms with Crippen LogP contribution in [0.25, 0.3) is 12.2 Å². The molecule has 0 amide bonds. The number of ketones is 2. The maximum Gasteiger partial charge on any atom is 0.205 e. The van der Waals surface area contributed by atoms with Crippen LogP contribution < -0.4 is 0 Å². The van der Waals surface area contributed by atoms with Gasteiger partial charge in [0.05, 0.1) is 9.75 Å². The van der Waals surface area contributed by atoms with Crippen molar-refractivity contribution >= 4 is 46.4 Å². The summed E-state index contributed by atoms with van der Waals surface area (Å²) >= 11 is 2.64. The zero-order valence-electron chi connectivity index (χ0n) is 9.36. The Morgan fingerprint density at radius 2 is 1.22 bits per heavy atom. The quantitative estimate of drug-likeness (QED) is 0.709. The monoisotopic (exact) mass is 272 g/mol. The number of fused-ring (bicyclic) bond motifs is 2. The Balaban J connectivity index is 2.26. The summed E-state index contributed by atoms with van der Waals surface area (Å²) in [7, 11) is 0. The van der Waals surface area contributed by atoms with Crippen molar-refractivity contribution in [1.82, 2.24) is 0 Å². The fraction of sp³-hybridized carbons (Fsp3) is 0. The summed E-state index contributed by atoms with van der Waals surface area (Å²) in [5, 5.41) is 0. The second kappa shape index (κ2) is 3.86. The lowest BCUT2D eigenvalue weighted by Gasteiger charge is -2.08. The van der Waals surface area contributed by atoms with E-state index in [2.05, 4.69) is 13.2 Å². The van der Waals surface area contributed by atoms with E-state index in [1.807, 2.05) is 0 Å². The largest absolute Gasteiger partial charge is 0.288 e. The average Bonchev–Trinajstić information content (AvgIpc) is 3.00. The predicted octanol–water partition coefficient (Wildman–Crippen LogP) is 3.87. The number of hydrogen-bond acceptors (Lipinski definition) is 4. The highest BCUT2D eigenvalue weighted by atomic mass is 32.1. The van der Waals surface area contributed by atoms with Crippen molar-refractivity contribution in [1.29, 1.82) is 0 Å². The van der Waals surface area contributed by atoms with Gasteiger partial charge in [-0.2, -0.15) is 0 Å². The molecule has 0 saturated carbocycles. The minimum Gasteiger partial charge on any atom is -0.288 e. The zero-order valence-corrected chi connectivity index (χ0v) is 11.0. The molecule has 0 aliphatic heterocycles. The van der Waals surface area contributed by atoms with E-state index < -0.39 is 0 Å². The van der Waals surface area contributed by atoms with Crippen LogP contribution in [0, 0.1) is 0 Å². The van der Waals surface area contributed by atoms with Crippen LogP contribution in [0.3, 0.4) is 0 Å². The van der Waals surface area contributed by atoms with Gasteiger partial charge < -0.3 is 0 Å². The molecule has 0 N–H and O–H groups in total. The molecule has 0 unspecified atom stereocenters. The molecule has 2 aromatic rings. The van der Waals surface area contributed by atoms with Crippen LogP contribution in [0.5, 0.6) is 0 Å². The lowest BCUT2D eigenvalue weighted by molar-refractivity contribution is 0.0986. The van der Waals surface area contributed by atoms with E-state index in [1.165, 1.54) is 22.7 Å². The molecule has 1 aliphatic carbocycles. The van der Waals surface area contributed by atoms with Crippen molar-refractivity contribution in [2.75, 3.05) is 0 Å². The third kappa shape index (κ3) is 1.39. The number of carbonyl (C=O) groups excluding carboxylic acids is 2. The normalized spacial score (nSPS) is 13.1. The molecule has 0 saturated heterocycles. The highest BCUT2D eigenvalue weighted by Crippen LogP contribution is 2.37. The van der Waals surface area contributed by atoms with Gasteiger partial charge in [-0.15, -0.1) is 22.7 Å². The molecule has 2 aromatic heterocycles. The maximum absolute atomic E-state index is 12.3. The molecule has 0 spiro atoms. The van der Waals surface area contributed by atoms with Crippen LogP contribution >= 0.6 is 22.7 Å². The van der Waals surface area contributed by atoms with E-state index in [1.54, 1.807) is 24.3 Å². The van der Waals surface area contributed by atoms with Gasteiger partial charge in [-0.25, -0.2) is 0 Å². The number of thiophene rings is 2. The summed E-state index contributed by atoms with van der Waals surface area (Å²) in [6.07, 6.45) is 3.32. The fourth-order valence-electron chi connectivity index (χ4n) is 1.94. The Hall–Kier alpha value is -1.78. The highest BCUT2D eigenvalue weighted by Gasteiger charge is 2.33. The first kappa shape index (κ1) is 11.3. The fourth-order valence-corrected chi connectivity index (χ4v) is 3.86. The van der Waals surface area contributed by atoms with Crippen LogP contribution in [0.4, 0.5) is 0 Å². The van der Waals surface area contributed by atoms with Gasteiger partial charge in [0.15, 0.2) is 0 Å². The molecular weight excluding hydrogens is 264 g/mol. The van der Waals surface area contributed by atoms with Crippen molar-refractivity contribution in [2.24, 2.45) is 0 Å². The Kier molecular flexibility index (Phi) is 2.43. The summed E-state index contributed by atoms with van der Waals surface area (Å²) in [5.41, 5.74) is 1.01. The van der Waals surface area contributed by atoms with E-state index >= 15 is 0 Å². The summed E-state index contributed by atoms with van der Waals surface area (Å²) in [4.78, 5) is 27.4. The first-order chi connectivity index (χ1) is 8.65. The van der Waals surface area contributed by atoms with Gasteiger partial charge in [0.1, 0.15) is 0 Å². The minimum absolute atomic E-state index is 0.0675. The molecule has 0 atom stereocenters. The van der Waals surface area contributed by atoms with E-state index in [-0.39, 0.29) is 11.6 Å². The van der Waals surface area contributed by atoms with Crippen molar-refractivity contribution in [2.45, 2.75) is 0 Å². The minimum atomic E-state index is -0.0675. The van der Waals surface area contributed by atoms with Crippen molar-refractivity contribution in [3.63, 3.8) is 0 Å². The summed E-state index contributed by atoms with van der Waals surface area (Å²) < 4.78 is 0. The molecule has 1 aliphatic rings. The first-order valence-electron chi connectivity index (χ1n) is 5.27. The van der Waals surface area contributed by atoms with Gasteiger partial charge in [-0.3, -0.25) is 9.59 Å². The van der Waals surface area contributed by atoms with Gasteiger partial charge in [0.25, 0.3) is 0 Å². The molecule has 0 bridgehead atoms. The molecular formula is C14H8O2S2. The maximum atomic E-state index is 12.3. The Labute approximate surface area is 112 Å². The average molecular weight is 272 g/mol. The number of rotatable bonds is 2. The molecule has 0 fully saturated rings. The SMILES string of the molecule is C=Cc1cc2c(s1)C(=O)c1cc(C=C)sc1C2=O. The third-order valence-electron chi connectivity index (χ3n) is 2.81. The molecule has 0 aromatic carbocycles. The number of hydrogen-bond donors (Lipinski definition) is 0. The lowest BCUT2D eigenvalue weighted by Crippen LogP contribution is -2.15.